The first-order valence-corrected chi connectivity index (χ1v) is 6.32. The lowest BCUT2D eigenvalue weighted by Gasteiger charge is -2.22. The molecular weight excluding hydrogens is 210 g/mol. The van der Waals surface area contributed by atoms with Gasteiger partial charge in [-0.05, 0) is 31.2 Å². The van der Waals surface area contributed by atoms with E-state index in [2.05, 4.69) is 34.4 Å². The van der Waals surface area contributed by atoms with E-state index >= 15 is 0 Å². The smallest absolute Gasteiger partial charge is 0.0890 e. The molecule has 1 aromatic heterocycles. The molecule has 2 rings (SSSR count). The summed E-state index contributed by atoms with van der Waals surface area (Å²) in [6.07, 6.45) is 5.21. The summed E-state index contributed by atoms with van der Waals surface area (Å²) in [6, 6.07) is 4.03. The van der Waals surface area contributed by atoms with Crippen molar-refractivity contribution in [3.05, 3.63) is 30.1 Å². The number of hydrogen-bond donors (Lipinski definition) is 1. The molecule has 0 amide bonds. The van der Waals surface area contributed by atoms with E-state index in [1.165, 1.54) is 5.57 Å². The summed E-state index contributed by atoms with van der Waals surface area (Å²) < 4.78 is 0. The number of nitrogens with zero attached hydrogens (tertiary/aromatic N) is 2. The lowest BCUT2D eigenvalue weighted by atomic mass is 10.0. The second kappa shape index (κ2) is 7.07. The zero-order valence-electron chi connectivity index (χ0n) is 11.3. The van der Waals surface area contributed by atoms with Gasteiger partial charge >= 0.3 is 0 Å². The minimum Gasteiger partial charge on any atom is -0.386 e. The molecule has 3 heteroatoms. The molecule has 0 bridgehead atoms. The van der Waals surface area contributed by atoms with Crippen molar-refractivity contribution in [2.24, 2.45) is 0 Å². The van der Waals surface area contributed by atoms with E-state index in [4.69, 9.17) is 0 Å². The Labute approximate surface area is 105 Å². The average molecular weight is 233 g/mol. The molecule has 0 spiro atoms. The van der Waals surface area contributed by atoms with Gasteiger partial charge in [-0.1, -0.05) is 19.9 Å². The average Bonchev–Trinajstić information content (AvgIpc) is 2.42. The summed E-state index contributed by atoms with van der Waals surface area (Å²) in [4.78, 5) is 6.76. The molecule has 1 N–H and O–H groups in total. The van der Waals surface area contributed by atoms with Gasteiger partial charge < -0.3 is 10.2 Å². The first kappa shape index (κ1) is 13.7. The van der Waals surface area contributed by atoms with Gasteiger partial charge in [0.05, 0.1) is 11.4 Å². The van der Waals surface area contributed by atoms with Gasteiger partial charge in [-0.15, -0.1) is 0 Å². The van der Waals surface area contributed by atoms with Gasteiger partial charge in [-0.2, -0.15) is 0 Å². The Balaban J connectivity index is 0.000000686. The van der Waals surface area contributed by atoms with Gasteiger partial charge in [-0.25, -0.2) is 0 Å². The van der Waals surface area contributed by atoms with Gasteiger partial charge in [0.15, 0.2) is 0 Å². The second-order valence-electron chi connectivity index (χ2n) is 3.89. The standard InChI is InChI=1S/C12H17N3.C2H6/c1-13-11-4-3-7-14-12(11)10-5-8-15(2)9-6-10;1-2/h3-5,7,13H,6,8-9H2,1-2H3;1-2H3. The van der Waals surface area contributed by atoms with Gasteiger partial charge in [0.25, 0.3) is 0 Å². The number of pyridine rings is 1. The molecule has 0 aromatic carbocycles. The number of aromatic nitrogens is 1. The Kier molecular flexibility index (Phi) is 5.70. The van der Waals surface area contributed by atoms with Crippen LogP contribution in [0.4, 0.5) is 5.69 Å². The maximum absolute atomic E-state index is 4.45. The van der Waals surface area contributed by atoms with Gasteiger partial charge in [0, 0.05) is 26.3 Å². The Morgan fingerprint density at radius 2 is 2.12 bits per heavy atom. The molecule has 0 fully saturated rings. The molecule has 3 nitrogen and oxygen atoms in total. The van der Waals surface area contributed by atoms with Crippen LogP contribution < -0.4 is 5.32 Å². The zero-order chi connectivity index (χ0) is 12.7. The van der Waals surface area contributed by atoms with Crippen LogP contribution in [0.5, 0.6) is 0 Å². The Morgan fingerprint density at radius 1 is 1.35 bits per heavy atom. The second-order valence-corrected chi connectivity index (χ2v) is 3.89. The highest BCUT2D eigenvalue weighted by Gasteiger charge is 2.12. The van der Waals surface area contributed by atoms with E-state index in [1.54, 1.807) is 0 Å². The van der Waals surface area contributed by atoms with Crippen LogP contribution in [0.15, 0.2) is 24.4 Å². The number of nitrogens with one attached hydrogen (secondary N) is 1. The molecular formula is C14H23N3. The lowest BCUT2D eigenvalue weighted by Crippen LogP contribution is -2.24. The Hall–Kier alpha value is -1.35. The van der Waals surface area contributed by atoms with E-state index in [9.17, 15) is 0 Å². The molecule has 1 aliphatic heterocycles. The van der Waals surface area contributed by atoms with E-state index in [1.807, 2.05) is 33.2 Å². The topological polar surface area (TPSA) is 28.2 Å². The zero-order valence-corrected chi connectivity index (χ0v) is 11.3. The predicted octanol–water partition coefficient (Wildman–Crippen LogP) is 2.87. The van der Waals surface area contributed by atoms with Crippen LogP contribution in [0.3, 0.4) is 0 Å². The molecule has 0 saturated carbocycles. The molecule has 0 unspecified atom stereocenters. The van der Waals surface area contributed by atoms with Crippen molar-refractivity contribution in [1.29, 1.82) is 0 Å². The number of likely N-dealkylation sites (N-methyl/N-ethyl adjacent to an activating group) is 1. The van der Waals surface area contributed by atoms with E-state index in [-0.39, 0.29) is 0 Å². The van der Waals surface area contributed by atoms with Crippen molar-refractivity contribution < 1.29 is 0 Å². The van der Waals surface area contributed by atoms with Crippen molar-refractivity contribution in [2.75, 3.05) is 32.5 Å². The summed E-state index contributed by atoms with van der Waals surface area (Å²) in [7, 11) is 4.08. The summed E-state index contributed by atoms with van der Waals surface area (Å²) in [5, 5.41) is 3.19. The van der Waals surface area contributed by atoms with Crippen LogP contribution in [0.25, 0.3) is 5.57 Å². The number of anilines is 1. The molecule has 2 heterocycles. The number of rotatable bonds is 2. The van der Waals surface area contributed by atoms with Crippen LogP contribution >= 0.6 is 0 Å². The van der Waals surface area contributed by atoms with Crippen LogP contribution in [0.1, 0.15) is 26.0 Å². The quantitative estimate of drug-likeness (QED) is 0.851. The number of hydrogen-bond acceptors (Lipinski definition) is 3. The third kappa shape index (κ3) is 3.56. The van der Waals surface area contributed by atoms with Crippen LogP contribution in [-0.4, -0.2) is 37.1 Å². The minimum absolute atomic E-state index is 1.02. The first-order valence-electron chi connectivity index (χ1n) is 6.32. The van der Waals surface area contributed by atoms with Gasteiger partial charge in [0.2, 0.25) is 0 Å². The van der Waals surface area contributed by atoms with E-state index in [0.717, 1.165) is 30.9 Å². The molecule has 0 saturated heterocycles. The highest BCUT2D eigenvalue weighted by molar-refractivity contribution is 5.73. The Bertz CT molecular complexity index is 371. The molecule has 0 aliphatic carbocycles. The van der Waals surface area contributed by atoms with Crippen molar-refractivity contribution in [3.8, 4) is 0 Å². The maximum Gasteiger partial charge on any atom is 0.0890 e. The highest BCUT2D eigenvalue weighted by Crippen LogP contribution is 2.25. The largest absolute Gasteiger partial charge is 0.386 e. The fourth-order valence-electron chi connectivity index (χ4n) is 1.85. The summed E-state index contributed by atoms with van der Waals surface area (Å²) >= 11 is 0. The summed E-state index contributed by atoms with van der Waals surface area (Å²) in [5.74, 6) is 0. The first-order chi connectivity index (χ1) is 8.31. The maximum atomic E-state index is 4.45. The van der Waals surface area contributed by atoms with Crippen LogP contribution in [0, 0.1) is 0 Å². The van der Waals surface area contributed by atoms with E-state index < -0.39 is 0 Å². The highest BCUT2D eigenvalue weighted by atomic mass is 15.1. The summed E-state index contributed by atoms with van der Waals surface area (Å²) in [5.41, 5.74) is 3.58. The lowest BCUT2D eigenvalue weighted by molar-refractivity contribution is 0.370. The minimum atomic E-state index is 1.02. The third-order valence-corrected chi connectivity index (χ3v) is 2.79. The van der Waals surface area contributed by atoms with Crippen molar-refractivity contribution in [1.82, 2.24) is 9.88 Å². The molecule has 17 heavy (non-hydrogen) atoms. The van der Waals surface area contributed by atoms with Crippen molar-refractivity contribution in [3.63, 3.8) is 0 Å². The summed E-state index contributed by atoms with van der Waals surface area (Å²) in [6.45, 7) is 6.14. The van der Waals surface area contributed by atoms with Gasteiger partial charge in [0.1, 0.15) is 0 Å². The molecule has 1 aliphatic rings. The SMILES string of the molecule is CC.CNc1cccnc1C1=CCN(C)CC1. The van der Waals surface area contributed by atoms with Gasteiger partial charge in [-0.3, -0.25) is 4.98 Å². The molecule has 1 aromatic rings. The molecule has 94 valence electrons. The van der Waals surface area contributed by atoms with Crippen LogP contribution in [0.2, 0.25) is 0 Å². The third-order valence-electron chi connectivity index (χ3n) is 2.79. The van der Waals surface area contributed by atoms with Crippen molar-refractivity contribution in [2.45, 2.75) is 20.3 Å². The van der Waals surface area contributed by atoms with E-state index in [0.29, 0.717) is 0 Å². The fraction of sp³-hybridized carbons (Fsp3) is 0.500. The Morgan fingerprint density at radius 3 is 2.71 bits per heavy atom. The molecule has 0 atom stereocenters. The fourth-order valence-corrected chi connectivity index (χ4v) is 1.85. The predicted molar refractivity (Wildman–Crippen MR) is 75.2 cm³/mol. The van der Waals surface area contributed by atoms with Crippen LogP contribution in [-0.2, 0) is 0 Å². The normalized spacial score (nSPS) is 15.6. The van der Waals surface area contributed by atoms with Crippen molar-refractivity contribution >= 4 is 11.3 Å². The monoisotopic (exact) mass is 233 g/mol. The molecule has 0 radical (unpaired) electrons.